The number of amides is 1. The molecule has 3 aromatic rings. The molecule has 0 aliphatic heterocycles. The summed E-state index contributed by atoms with van der Waals surface area (Å²) in [5.41, 5.74) is 3.32. The van der Waals surface area contributed by atoms with Crippen molar-refractivity contribution in [2.75, 3.05) is 13.7 Å². The first kappa shape index (κ1) is 19.9. The topological polar surface area (TPSA) is 60.5 Å². The number of ether oxygens (including phenoxy) is 2. The van der Waals surface area contributed by atoms with Crippen LogP contribution in [0.1, 0.15) is 18.2 Å². The van der Waals surface area contributed by atoms with E-state index >= 15 is 0 Å². The molecule has 5 nitrogen and oxygen atoms in total. The van der Waals surface area contributed by atoms with E-state index in [4.69, 9.17) is 9.47 Å². The maximum absolute atomic E-state index is 12.3. The minimum atomic E-state index is -0.616. The van der Waals surface area contributed by atoms with E-state index in [1.165, 1.54) is 5.56 Å². The molecule has 28 heavy (non-hydrogen) atoms. The summed E-state index contributed by atoms with van der Waals surface area (Å²) in [5, 5.41) is 5.94. The molecule has 2 aromatic carbocycles. The number of nitrogens with one attached hydrogen (secondary N) is 1. The van der Waals surface area contributed by atoms with Gasteiger partial charge in [-0.3, -0.25) is 4.79 Å². The van der Waals surface area contributed by atoms with Crippen LogP contribution in [-0.4, -0.2) is 30.6 Å². The zero-order valence-electron chi connectivity index (χ0n) is 16.3. The Labute approximate surface area is 169 Å². The fourth-order valence-corrected chi connectivity index (χ4v) is 3.53. The van der Waals surface area contributed by atoms with Crippen LogP contribution in [-0.2, 0) is 11.2 Å². The molecule has 1 N–H and O–H groups in total. The molecule has 0 spiro atoms. The third-order valence-electron chi connectivity index (χ3n) is 4.27. The molecule has 1 unspecified atom stereocenters. The quantitative estimate of drug-likeness (QED) is 0.618. The molecular formula is C22H24N2O3S. The number of para-hydroxylation sites is 2. The lowest BCUT2D eigenvalue weighted by atomic mass is 10.2. The van der Waals surface area contributed by atoms with Gasteiger partial charge >= 0.3 is 0 Å². The van der Waals surface area contributed by atoms with Gasteiger partial charge in [0.25, 0.3) is 5.91 Å². The second-order valence-corrected chi connectivity index (χ2v) is 7.32. The van der Waals surface area contributed by atoms with Gasteiger partial charge < -0.3 is 14.8 Å². The zero-order valence-corrected chi connectivity index (χ0v) is 17.1. The van der Waals surface area contributed by atoms with Crippen LogP contribution in [0.2, 0.25) is 0 Å². The number of benzene rings is 2. The van der Waals surface area contributed by atoms with Crippen LogP contribution >= 0.6 is 11.3 Å². The van der Waals surface area contributed by atoms with Crippen LogP contribution in [0.4, 0.5) is 0 Å². The Kier molecular flexibility index (Phi) is 6.66. The molecule has 0 saturated heterocycles. The number of rotatable bonds is 8. The Morgan fingerprint density at radius 3 is 2.57 bits per heavy atom. The van der Waals surface area contributed by atoms with Crippen molar-refractivity contribution < 1.29 is 14.3 Å². The highest BCUT2D eigenvalue weighted by Gasteiger charge is 2.16. The highest BCUT2D eigenvalue weighted by molar-refractivity contribution is 7.13. The Morgan fingerprint density at radius 1 is 1.14 bits per heavy atom. The molecule has 3 rings (SSSR count). The summed E-state index contributed by atoms with van der Waals surface area (Å²) in [4.78, 5) is 17.0. The van der Waals surface area contributed by atoms with Crippen molar-refractivity contribution >= 4 is 17.2 Å². The van der Waals surface area contributed by atoms with Crippen LogP contribution in [0.3, 0.4) is 0 Å². The smallest absolute Gasteiger partial charge is 0.260 e. The van der Waals surface area contributed by atoms with E-state index in [1.54, 1.807) is 37.5 Å². The number of aryl methyl sites for hydroxylation is 1. The van der Waals surface area contributed by atoms with Crippen LogP contribution in [0.5, 0.6) is 11.5 Å². The van der Waals surface area contributed by atoms with E-state index in [-0.39, 0.29) is 5.91 Å². The Hall–Kier alpha value is -2.86. The van der Waals surface area contributed by atoms with E-state index in [9.17, 15) is 4.79 Å². The summed E-state index contributed by atoms with van der Waals surface area (Å²) in [6, 6.07) is 15.6. The van der Waals surface area contributed by atoms with Crippen molar-refractivity contribution in [3.8, 4) is 22.1 Å². The summed E-state index contributed by atoms with van der Waals surface area (Å²) in [6.07, 6.45) is 0.0602. The number of methoxy groups -OCH3 is 1. The number of hydrogen-bond donors (Lipinski definition) is 1. The lowest BCUT2D eigenvalue weighted by Gasteiger charge is -2.16. The summed E-state index contributed by atoms with van der Waals surface area (Å²) in [7, 11) is 1.58. The number of hydrogen-bond acceptors (Lipinski definition) is 5. The second-order valence-electron chi connectivity index (χ2n) is 6.46. The van der Waals surface area contributed by atoms with Gasteiger partial charge in [-0.2, -0.15) is 0 Å². The minimum absolute atomic E-state index is 0.167. The third-order valence-corrected chi connectivity index (χ3v) is 5.21. The molecule has 0 aliphatic carbocycles. The summed E-state index contributed by atoms with van der Waals surface area (Å²) >= 11 is 1.62. The van der Waals surface area contributed by atoms with Crippen LogP contribution in [0.25, 0.3) is 10.6 Å². The first-order chi connectivity index (χ1) is 13.6. The fraction of sp³-hybridized carbons (Fsp3) is 0.273. The van der Waals surface area contributed by atoms with Crippen molar-refractivity contribution in [1.82, 2.24) is 10.3 Å². The van der Waals surface area contributed by atoms with E-state index in [0.717, 1.165) is 16.3 Å². The predicted octanol–water partition coefficient (Wildman–Crippen LogP) is 4.25. The Morgan fingerprint density at radius 2 is 1.86 bits per heavy atom. The predicted molar refractivity (Wildman–Crippen MR) is 112 cm³/mol. The molecule has 1 heterocycles. The van der Waals surface area contributed by atoms with Crippen LogP contribution < -0.4 is 14.8 Å². The van der Waals surface area contributed by atoms with Crippen molar-refractivity contribution in [2.24, 2.45) is 0 Å². The van der Waals surface area contributed by atoms with Gasteiger partial charge in [-0.15, -0.1) is 11.3 Å². The average molecular weight is 397 g/mol. The van der Waals surface area contributed by atoms with E-state index in [1.807, 2.05) is 17.5 Å². The van der Waals surface area contributed by atoms with Gasteiger partial charge in [-0.25, -0.2) is 4.98 Å². The highest BCUT2D eigenvalue weighted by atomic mass is 32.1. The van der Waals surface area contributed by atoms with Crippen molar-refractivity contribution in [3.63, 3.8) is 0 Å². The lowest BCUT2D eigenvalue weighted by Crippen LogP contribution is -2.37. The molecule has 6 heteroatoms. The maximum atomic E-state index is 12.3. The van der Waals surface area contributed by atoms with Crippen LogP contribution in [0.15, 0.2) is 53.9 Å². The Balaban J connectivity index is 1.49. The molecule has 0 radical (unpaired) electrons. The highest BCUT2D eigenvalue weighted by Crippen LogP contribution is 2.27. The monoisotopic (exact) mass is 396 g/mol. The molecule has 0 fully saturated rings. The number of carbonyl (C=O) groups excluding carboxylic acids is 1. The first-order valence-electron chi connectivity index (χ1n) is 9.15. The summed E-state index contributed by atoms with van der Waals surface area (Å²) < 4.78 is 11.0. The van der Waals surface area contributed by atoms with E-state index < -0.39 is 6.10 Å². The van der Waals surface area contributed by atoms with Gasteiger partial charge in [0.05, 0.1) is 12.8 Å². The van der Waals surface area contributed by atoms with E-state index in [0.29, 0.717) is 24.5 Å². The summed E-state index contributed by atoms with van der Waals surface area (Å²) in [6.45, 7) is 4.30. The standard InChI is InChI=1S/C22H24N2O3S/c1-15-8-10-17(11-9-15)22-24-18(14-28-22)12-13-23-21(25)16(2)27-20-7-5-4-6-19(20)26-3/h4-11,14,16H,12-13H2,1-3H3,(H,23,25). The van der Waals surface area contributed by atoms with E-state index in [2.05, 4.69) is 41.5 Å². The molecule has 1 aromatic heterocycles. The van der Waals surface area contributed by atoms with Gasteiger partial charge in [0.2, 0.25) is 0 Å². The second kappa shape index (κ2) is 9.37. The van der Waals surface area contributed by atoms with Gasteiger partial charge in [-0.1, -0.05) is 42.0 Å². The van der Waals surface area contributed by atoms with Crippen molar-refractivity contribution in [3.05, 3.63) is 65.2 Å². The summed E-state index contributed by atoms with van der Waals surface area (Å²) in [5.74, 6) is 0.989. The number of carbonyl (C=O) groups is 1. The van der Waals surface area contributed by atoms with Crippen LogP contribution in [0, 0.1) is 6.92 Å². The molecular weight excluding hydrogens is 372 g/mol. The molecule has 146 valence electrons. The zero-order chi connectivity index (χ0) is 19.9. The van der Waals surface area contributed by atoms with Gasteiger partial charge in [0.15, 0.2) is 17.6 Å². The number of thiazole rings is 1. The fourth-order valence-electron chi connectivity index (χ4n) is 2.67. The normalized spacial score (nSPS) is 11.7. The molecule has 1 atom stereocenters. The van der Waals surface area contributed by atoms with Gasteiger partial charge in [0.1, 0.15) is 5.01 Å². The molecule has 0 aliphatic rings. The van der Waals surface area contributed by atoms with Crippen molar-refractivity contribution in [1.29, 1.82) is 0 Å². The van der Waals surface area contributed by atoms with Crippen molar-refractivity contribution in [2.45, 2.75) is 26.4 Å². The molecule has 0 bridgehead atoms. The van der Waals surface area contributed by atoms with Gasteiger partial charge in [-0.05, 0) is 26.0 Å². The van der Waals surface area contributed by atoms with Gasteiger partial charge in [0, 0.05) is 23.9 Å². The molecule has 0 saturated carbocycles. The SMILES string of the molecule is COc1ccccc1OC(C)C(=O)NCCc1csc(-c2ccc(C)cc2)n1. The largest absolute Gasteiger partial charge is 0.493 e. The first-order valence-corrected chi connectivity index (χ1v) is 10.0. The molecule has 1 amide bonds. The minimum Gasteiger partial charge on any atom is -0.493 e. The number of aromatic nitrogens is 1. The third kappa shape index (κ3) is 5.10. The Bertz CT molecular complexity index is 922. The average Bonchev–Trinajstić information content (AvgIpc) is 3.17. The number of nitrogens with zero attached hydrogens (tertiary/aromatic N) is 1. The lowest BCUT2D eigenvalue weighted by molar-refractivity contribution is -0.127. The maximum Gasteiger partial charge on any atom is 0.260 e.